The van der Waals surface area contributed by atoms with Crippen LogP contribution < -0.4 is 5.32 Å². The second kappa shape index (κ2) is 5.81. The van der Waals surface area contributed by atoms with E-state index >= 15 is 0 Å². The van der Waals surface area contributed by atoms with Gasteiger partial charge in [-0.15, -0.1) is 11.3 Å². The summed E-state index contributed by atoms with van der Waals surface area (Å²) in [5.74, 6) is 0.496. The molecule has 0 spiro atoms. The fraction of sp³-hybridized carbons (Fsp3) is 0.467. The minimum absolute atomic E-state index is 0.153. The van der Waals surface area contributed by atoms with Gasteiger partial charge in [0.05, 0.1) is 0 Å². The normalized spacial score (nSPS) is 13.4. The highest BCUT2D eigenvalue weighted by Gasteiger charge is 2.15. The van der Waals surface area contributed by atoms with Crippen LogP contribution in [0.2, 0.25) is 0 Å². The second-order valence-electron chi connectivity index (χ2n) is 5.07. The van der Waals surface area contributed by atoms with E-state index in [1.54, 1.807) is 17.4 Å². The number of thiophene rings is 1. The van der Waals surface area contributed by atoms with Crippen molar-refractivity contribution in [1.29, 1.82) is 0 Å². The lowest BCUT2D eigenvalue weighted by molar-refractivity contribution is 0.444. The van der Waals surface area contributed by atoms with Crippen LogP contribution in [-0.4, -0.2) is 6.54 Å². The average molecular weight is 265 g/mol. The van der Waals surface area contributed by atoms with Crippen molar-refractivity contribution in [3.63, 3.8) is 0 Å². The molecule has 1 heterocycles. The molecule has 1 atom stereocenters. The molecule has 1 nitrogen and oxygen atoms in total. The Hall–Kier alpha value is -0.930. The quantitative estimate of drug-likeness (QED) is 0.823. The largest absolute Gasteiger partial charge is 0.310 e. The van der Waals surface area contributed by atoms with E-state index in [9.17, 15) is 4.39 Å². The van der Waals surface area contributed by atoms with Crippen LogP contribution in [0.4, 0.5) is 4.39 Å². The molecular formula is C15H20FNS. The van der Waals surface area contributed by atoms with Crippen molar-refractivity contribution in [3.05, 3.63) is 35.0 Å². The lowest BCUT2D eigenvalue weighted by Crippen LogP contribution is -2.21. The number of benzene rings is 1. The molecule has 0 aliphatic rings. The molecule has 0 saturated heterocycles. The monoisotopic (exact) mass is 265 g/mol. The molecule has 1 aromatic heterocycles. The SMILES string of the molecule is CCNC(CC(C)C)c1cc2ccc(F)cc2s1. The van der Waals surface area contributed by atoms with Crippen molar-refractivity contribution in [1.82, 2.24) is 5.32 Å². The summed E-state index contributed by atoms with van der Waals surface area (Å²) in [5, 5.41) is 4.66. The maximum Gasteiger partial charge on any atom is 0.124 e. The number of hydrogen-bond acceptors (Lipinski definition) is 2. The van der Waals surface area contributed by atoms with E-state index in [0.717, 1.165) is 23.1 Å². The van der Waals surface area contributed by atoms with Crippen LogP contribution in [0.25, 0.3) is 10.1 Å². The molecule has 0 aliphatic heterocycles. The Morgan fingerprint density at radius 1 is 1.28 bits per heavy atom. The van der Waals surface area contributed by atoms with Gasteiger partial charge in [-0.2, -0.15) is 0 Å². The van der Waals surface area contributed by atoms with Crippen LogP contribution >= 0.6 is 11.3 Å². The lowest BCUT2D eigenvalue weighted by atomic mass is 10.0. The summed E-state index contributed by atoms with van der Waals surface area (Å²) in [7, 11) is 0. The summed E-state index contributed by atoms with van der Waals surface area (Å²) in [4.78, 5) is 1.31. The molecular weight excluding hydrogens is 245 g/mol. The molecule has 1 N–H and O–H groups in total. The molecule has 2 rings (SSSR count). The number of hydrogen-bond donors (Lipinski definition) is 1. The molecule has 2 aromatic rings. The molecule has 0 fully saturated rings. The maximum absolute atomic E-state index is 13.2. The molecule has 0 bridgehead atoms. The van der Waals surface area contributed by atoms with Gasteiger partial charge in [0.15, 0.2) is 0 Å². The summed E-state index contributed by atoms with van der Waals surface area (Å²) in [6.07, 6.45) is 1.11. The number of halogens is 1. The van der Waals surface area contributed by atoms with E-state index in [1.807, 2.05) is 6.07 Å². The highest BCUT2D eigenvalue weighted by Crippen LogP contribution is 2.33. The maximum atomic E-state index is 13.2. The van der Waals surface area contributed by atoms with Crippen molar-refractivity contribution in [2.24, 2.45) is 5.92 Å². The van der Waals surface area contributed by atoms with Crippen molar-refractivity contribution >= 4 is 21.4 Å². The molecule has 18 heavy (non-hydrogen) atoms. The summed E-state index contributed by atoms with van der Waals surface area (Å²) in [6, 6.07) is 7.60. The minimum atomic E-state index is -0.153. The van der Waals surface area contributed by atoms with Crippen molar-refractivity contribution in [2.45, 2.75) is 33.2 Å². The average Bonchev–Trinajstić information content (AvgIpc) is 2.70. The standard InChI is InChI=1S/C15H20FNS/c1-4-17-13(7-10(2)3)15-8-11-5-6-12(16)9-14(11)18-15/h5-6,8-10,13,17H,4,7H2,1-3H3. The van der Waals surface area contributed by atoms with Crippen LogP contribution in [-0.2, 0) is 0 Å². The van der Waals surface area contributed by atoms with Crippen LogP contribution in [0.5, 0.6) is 0 Å². The molecule has 98 valence electrons. The number of rotatable bonds is 5. The van der Waals surface area contributed by atoms with Crippen molar-refractivity contribution < 1.29 is 4.39 Å². The highest BCUT2D eigenvalue weighted by atomic mass is 32.1. The predicted molar refractivity (Wildman–Crippen MR) is 77.7 cm³/mol. The zero-order chi connectivity index (χ0) is 13.1. The van der Waals surface area contributed by atoms with Gasteiger partial charge in [-0.1, -0.05) is 26.8 Å². The fourth-order valence-corrected chi connectivity index (χ4v) is 3.39. The number of fused-ring (bicyclic) bond motifs is 1. The summed E-state index contributed by atoms with van der Waals surface area (Å²) in [6.45, 7) is 7.55. The van der Waals surface area contributed by atoms with Gasteiger partial charge < -0.3 is 5.32 Å². The van der Waals surface area contributed by atoms with Gasteiger partial charge in [0, 0.05) is 15.6 Å². The number of nitrogens with one attached hydrogen (secondary N) is 1. The third-order valence-electron chi connectivity index (χ3n) is 3.00. The van der Waals surface area contributed by atoms with Gasteiger partial charge in [0.2, 0.25) is 0 Å². The van der Waals surface area contributed by atoms with Crippen LogP contribution in [0, 0.1) is 11.7 Å². The summed E-state index contributed by atoms with van der Waals surface area (Å²) >= 11 is 1.70. The topological polar surface area (TPSA) is 12.0 Å². The van der Waals surface area contributed by atoms with Crippen molar-refractivity contribution in [3.8, 4) is 0 Å². The fourth-order valence-electron chi connectivity index (χ4n) is 2.22. The molecule has 3 heteroatoms. The van der Waals surface area contributed by atoms with Crippen LogP contribution in [0.1, 0.15) is 38.1 Å². The van der Waals surface area contributed by atoms with Gasteiger partial charge >= 0.3 is 0 Å². The Labute approximate surface area is 112 Å². The minimum Gasteiger partial charge on any atom is -0.310 e. The third kappa shape index (κ3) is 3.09. The molecule has 0 amide bonds. The van der Waals surface area contributed by atoms with E-state index in [-0.39, 0.29) is 5.82 Å². The van der Waals surface area contributed by atoms with E-state index in [1.165, 1.54) is 10.9 Å². The molecule has 0 saturated carbocycles. The first-order valence-electron chi connectivity index (χ1n) is 6.52. The van der Waals surface area contributed by atoms with Gasteiger partial charge in [-0.3, -0.25) is 0 Å². The Kier molecular flexibility index (Phi) is 4.36. The van der Waals surface area contributed by atoms with Crippen LogP contribution in [0.15, 0.2) is 24.3 Å². The first kappa shape index (κ1) is 13.5. The first-order chi connectivity index (χ1) is 8.60. The zero-order valence-corrected chi connectivity index (χ0v) is 12.0. The van der Waals surface area contributed by atoms with Gasteiger partial charge in [-0.05, 0) is 42.5 Å². The molecule has 0 aliphatic carbocycles. The van der Waals surface area contributed by atoms with Gasteiger partial charge in [0.25, 0.3) is 0 Å². The predicted octanol–water partition coefficient (Wildman–Crippen LogP) is 4.74. The first-order valence-corrected chi connectivity index (χ1v) is 7.34. The Morgan fingerprint density at radius 2 is 2.06 bits per heavy atom. The molecule has 0 radical (unpaired) electrons. The Morgan fingerprint density at radius 3 is 2.72 bits per heavy atom. The van der Waals surface area contributed by atoms with E-state index in [2.05, 4.69) is 32.2 Å². The highest BCUT2D eigenvalue weighted by molar-refractivity contribution is 7.19. The second-order valence-corrected chi connectivity index (χ2v) is 6.19. The smallest absolute Gasteiger partial charge is 0.124 e. The molecule has 1 aromatic carbocycles. The van der Waals surface area contributed by atoms with E-state index in [0.29, 0.717) is 12.0 Å². The summed E-state index contributed by atoms with van der Waals surface area (Å²) < 4.78 is 14.2. The zero-order valence-electron chi connectivity index (χ0n) is 11.2. The Balaban J connectivity index is 2.31. The Bertz CT molecular complexity index is 518. The summed E-state index contributed by atoms with van der Waals surface area (Å²) in [5.41, 5.74) is 0. The van der Waals surface area contributed by atoms with Crippen molar-refractivity contribution in [2.75, 3.05) is 6.54 Å². The van der Waals surface area contributed by atoms with Crippen LogP contribution in [0.3, 0.4) is 0 Å². The van der Waals surface area contributed by atoms with Gasteiger partial charge in [0.1, 0.15) is 5.82 Å². The van der Waals surface area contributed by atoms with Gasteiger partial charge in [-0.25, -0.2) is 4.39 Å². The van der Waals surface area contributed by atoms with E-state index < -0.39 is 0 Å². The third-order valence-corrected chi connectivity index (χ3v) is 4.21. The van der Waals surface area contributed by atoms with E-state index in [4.69, 9.17) is 0 Å². The lowest BCUT2D eigenvalue weighted by Gasteiger charge is -2.18. The molecule has 1 unspecified atom stereocenters.